The van der Waals surface area contributed by atoms with E-state index in [2.05, 4.69) is 62.8 Å². The zero-order chi connectivity index (χ0) is 13.0. The number of nitrogens with one attached hydrogen (secondary N) is 1. The number of hydrogen-bond acceptors (Lipinski definition) is 2. The molecule has 1 aromatic carbocycles. The maximum Gasteiger partial charge on any atom is 0.122 e. The van der Waals surface area contributed by atoms with E-state index >= 15 is 0 Å². The van der Waals surface area contributed by atoms with E-state index < -0.39 is 0 Å². The molecule has 1 atom stereocenters. The predicted molar refractivity (Wildman–Crippen MR) is 77.3 cm³/mol. The highest BCUT2D eigenvalue weighted by atomic mass is 79.9. The third-order valence-electron chi connectivity index (χ3n) is 3.06. The van der Waals surface area contributed by atoms with Crippen molar-refractivity contribution in [2.75, 3.05) is 0 Å². The van der Waals surface area contributed by atoms with Crippen LogP contribution in [0, 0.1) is 0 Å². The Morgan fingerprint density at radius 3 is 3.00 bits per heavy atom. The molecule has 1 aromatic heterocycles. The van der Waals surface area contributed by atoms with Gasteiger partial charge in [-0.3, -0.25) is 0 Å². The van der Waals surface area contributed by atoms with Gasteiger partial charge in [-0.25, -0.2) is 4.98 Å². The molecule has 96 valence electrons. The smallest absolute Gasteiger partial charge is 0.122 e. The quantitative estimate of drug-likeness (QED) is 0.916. The second-order valence-electron chi connectivity index (χ2n) is 4.29. The monoisotopic (exact) mass is 307 g/mol. The molecule has 0 saturated carbocycles. The van der Waals surface area contributed by atoms with Gasteiger partial charge < -0.3 is 9.88 Å². The molecule has 2 rings (SSSR count). The van der Waals surface area contributed by atoms with Gasteiger partial charge in [-0.05, 0) is 31.5 Å². The van der Waals surface area contributed by atoms with Gasteiger partial charge >= 0.3 is 0 Å². The lowest BCUT2D eigenvalue weighted by atomic mass is 10.1. The van der Waals surface area contributed by atoms with Crippen LogP contribution in [0.2, 0.25) is 0 Å². The van der Waals surface area contributed by atoms with Crippen molar-refractivity contribution in [3.8, 4) is 0 Å². The summed E-state index contributed by atoms with van der Waals surface area (Å²) in [6.45, 7) is 6.04. The maximum atomic E-state index is 4.36. The molecule has 1 N–H and O–H groups in total. The minimum atomic E-state index is 0.310. The molecule has 1 heterocycles. The largest absolute Gasteiger partial charge is 0.334 e. The average Bonchev–Trinajstić information content (AvgIpc) is 2.83. The third kappa shape index (κ3) is 3.21. The molecular formula is C14H18BrN3. The summed E-state index contributed by atoms with van der Waals surface area (Å²) >= 11 is 3.50. The molecule has 0 saturated heterocycles. The topological polar surface area (TPSA) is 29.9 Å². The van der Waals surface area contributed by atoms with Crippen LogP contribution in [0.3, 0.4) is 0 Å². The number of benzene rings is 1. The lowest BCUT2D eigenvalue weighted by Gasteiger charge is -2.14. The van der Waals surface area contributed by atoms with Crippen LogP contribution in [-0.4, -0.2) is 9.55 Å². The zero-order valence-electron chi connectivity index (χ0n) is 10.7. The predicted octanol–water partition coefficient (Wildman–Crippen LogP) is 3.52. The molecule has 0 amide bonds. The second kappa shape index (κ2) is 6.16. The molecule has 3 nitrogen and oxygen atoms in total. The van der Waals surface area contributed by atoms with Crippen molar-refractivity contribution in [2.45, 2.75) is 33.0 Å². The highest BCUT2D eigenvalue weighted by Gasteiger charge is 2.07. The summed E-state index contributed by atoms with van der Waals surface area (Å²) in [4.78, 5) is 4.36. The van der Waals surface area contributed by atoms with Gasteiger partial charge in [-0.15, -0.1) is 0 Å². The average molecular weight is 308 g/mol. The number of nitrogens with zero attached hydrogens (tertiary/aromatic N) is 2. The lowest BCUT2D eigenvalue weighted by Crippen LogP contribution is -2.20. The summed E-state index contributed by atoms with van der Waals surface area (Å²) in [5, 5.41) is 3.50. The van der Waals surface area contributed by atoms with Gasteiger partial charge in [-0.2, -0.15) is 0 Å². The van der Waals surface area contributed by atoms with Gasteiger partial charge in [0.05, 0.1) is 6.54 Å². The number of aromatic nitrogens is 2. The van der Waals surface area contributed by atoms with Crippen LogP contribution in [0.1, 0.15) is 31.3 Å². The molecule has 2 aromatic rings. The van der Waals surface area contributed by atoms with E-state index in [1.165, 1.54) is 5.56 Å². The summed E-state index contributed by atoms with van der Waals surface area (Å²) in [5.41, 5.74) is 1.28. The number of halogens is 1. The molecule has 4 heteroatoms. The van der Waals surface area contributed by atoms with Crippen LogP contribution in [0.4, 0.5) is 0 Å². The fourth-order valence-corrected chi connectivity index (χ4v) is 2.35. The van der Waals surface area contributed by atoms with Crippen molar-refractivity contribution in [1.82, 2.24) is 14.9 Å². The maximum absolute atomic E-state index is 4.36. The van der Waals surface area contributed by atoms with E-state index in [0.29, 0.717) is 6.04 Å². The van der Waals surface area contributed by atoms with Crippen LogP contribution in [-0.2, 0) is 13.1 Å². The first-order valence-corrected chi connectivity index (χ1v) is 6.99. The van der Waals surface area contributed by atoms with Crippen molar-refractivity contribution >= 4 is 15.9 Å². The van der Waals surface area contributed by atoms with Crippen molar-refractivity contribution in [2.24, 2.45) is 0 Å². The highest BCUT2D eigenvalue weighted by molar-refractivity contribution is 9.10. The normalized spacial score (nSPS) is 12.6. The van der Waals surface area contributed by atoms with E-state index in [9.17, 15) is 0 Å². The van der Waals surface area contributed by atoms with E-state index in [4.69, 9.17) is 0 Å². The van der Waals surface area contributed by atoms with Crippen molar-refractivity contribution in [3.63, 3.8) is 0 Å². The number of imidazole rings is 1. The fourth-order valence-electron chi connectivity index (χ4n) is 1.93. The Morgan fingerprint density at radius 1 is 1.44 bits per heavy atom. The zero-order valence-corrected chi connectivity index (χ0v) is 12.3. The van der Waals surface area contributed by atoms with E-state index in [1.807, 2.05) is 18.5 Å². The van der Waals surface area contributed by atoms with Gasteiger partial charge in [0, 0.05) is 29.5 Å². The summed E-state index contributed by atoms with van der Waals surface area (Å²) in [5.74, 6) is 1.08. The molecule has 1 unspecified atom stereocenters. The first kappa shape index (κ1) is 13.3. The van der Waals surface area contributed by atoms with Gasteiger partial charge in [0.1, 0.15) is 5.82 Å². The molecule has 0 aliphatic rings. The van der Waals surface area contributed by atoms with E-state index in [1.54, 1.807) is 0 Å². The van der Waals surface area contributed by atoms with E-state index in [-0.39, 0.29) is 0 Å². The molecule has 18 heavy (non-hydrogen) atoms. The SMILES string of the molecule is CCn1ccnc1CNC(C)c1cccc(Br)c1. The van der Waals surface area contributed by atoms with Crippen molar-refractivity contribution in [3.05, 3.63) is 52.5 Å². The first-order chi connectivity index (χ1) is 8.70. The first-order valence-electron chi connectivity index (χ1n) is 6.19. The van der Waals surface area contributed by atoms with Gasteiger partial charge in [-0.1, -0.05) is 28.1 Å². The van der Waals surface area contributed by atoms with E-state index in [0.717, 1.165) is 23.4 Å². The fraction of sp³-hybridized carbons (Fsp3) is 0.357. The molecule has 0 spiro atoms. The van der Waals surface area contributed by atoms with Crippen LogP contribution >= 0.6 is 15.9 Å². The van der Waals surface area contributed by atoms with Crippen molar-refractivity contribution in [1.29, 1.82) is 0 Å². The summed E-state index contributed by atoms with van der Waals surface area (Å²) in [7, 11) is 0. The Balaban J connectivity index is 1.98. The summed E-state index contributed by atoms with van der Waals surface area (Å²) in [6.07, 6.45) is 3.87. The summed E-state index contributed by atoms with van der Waals surface area (Å²) < 4.78 is 3.27. The molecule has 0 bridgehead atoms. The lowest BCUT2D eigenvalue weighted by molar-refractivity contribution is 0.540. The van der Waals surface area contributed by atoms with Crippen LogP contribution < -0.4 is 5.32 Å². The molecule has 0 fully saturated rings. The number of hydrogen-bond donors (Lipinski definition) is 1. The van der Waals surface area contributed by atoms with Crippen LogP contribution in [0.5, 0.6) is 0 Å². The standard InChI is InChI=1S/C14H18BrN3/c1-3-18-8-7-16-14(18)10-17-11(2)12-5-4-6-13(15)9-12/h4-9,11,17H,3,10H2,1-2H3. The minimum Gasteiger partial charge on any atom is -0.334 e. The van der Waals surface area contributed by atoms with Gasteiger partial charge in [0.2, 0.25) is 0 Å². The van der Waals surface area contributed by atoms with Gasteiger partial charge in [0.15, 0.2) is 0 Å². The van der Waals surface area contributed by atoms with Crippen molar-refractivity contribution < 1.29 is 0 Å². The Bertz CT molecular complexity index is 507. The Hall–Kier alpha value is -1.13. The minimum absolute atomic E-state index is 0.310. The Morgan fingerprint density at radius 2 is 2.28 bits per heavy atom. The highest BCUT2D eigenvalue weighted by Crippen LogP contribution is 2.18. The third-order valence-corrected chi connectivity index (χ3v) is 3.55. The molecule has 0 aliphatic heterocycles. The number of rotatable bonds is 5. The Labute approximate surface area is 116 Å². The second-order valence-corrected chi connectivity index (χ2v) is 5.20. The molecule has 0 radical (unpaired) electrons. The molecule has 0 aliphatic carbocycles. The molecular weight excluding hydrogens is 290 g/mol. The number of aryl methyl sites for hydroxylation is 1. The van der Waals surface area contributed by atoms with Crippen LogP contribution in [0.15, 0.2) is 41.1 Å². The van der Waals surface area contributed by atoms with Gasteiger partial charge in [0.25, 0.3) is 0 Å². The summed E-state index contributed by atoms with van der Waals surface area (Å²) in [6, 6.07) is 8.69. The van der Waals surface area contributed by atoms with Crippen LogP contribution in [0.25, 0.3) is 0 Å². The Kier molecular flexibility index (Phi) is 4.55.